The van der Waals surface area contributed by atoms with Crippen LogP contribution in [0.25, 0.3) is 10.9 Å². The molecule has 2 heterocycles. The number of rotatable bonds is 5. The number of nitrogens with zero attached hydrogens (tertiary/aromatic N) is 3. The number of fused-ring (bicyclic) bond motifs is 1. The highest BCUT2D eigenvalue weighted by Crippen LogP contribution is 2.25. The second-order valence-electron chi connectivity index (χ2n) is 8.17. The quantitative estimate of drug-likeness (QED) is 0.635. The Balaban J connectivity index is 1.42. The van der Waals surface area contributed by atoms with E-state index in [1.54, 1.807) is 30.3 Å². The van der Waals surface area contributed by atoms with Crippen LogP contribution in [0.1, 0.15) is 24.1 Å². The Kier molecular flexibility index (Phi) is 6.10. The first-order valence-corrected chi connectivity index (χ1v) is 12.4. The van der Waals surface area contributed by atoms with Gasteiger partial charge in [-0.15, -0.1) is 0 Å². The molecule has 0 atom stereocenters. The molecule has 0 aliphatic carbocycles. The number of carbonyl (C=O) groups excluding carboxylic acids is 1. The molecule has 168 valence electrons. The summed E-state index contributed by atoms with van der Waals surface area (Å²) in [6.45, 7) is 3.41. The molecule has 1 fully saturated rings. The highest BCUT2D eigenvalue weighted by molar-refractivity contribution is 7.90. The van der Waals surface area contributed by atoms with E-state index in [2.05, 4.69) is 15.3 Å². The number of hydrogen-bond acceptors (Lipinski definition) is 6. The molecule has 0 radical (unpaired) electrons. The molecular formula is C23H25FN4O3S. The van der Waals surface area contributed by atoms with E-state index in [-0.39, 0.29) is 22.5 Å². The van der Waals surface area contributed by atoms with Gasteiger partial charge in [0.25, 0.3) is 0 Å². The first-order chi connectivity index (χ1) is 15.2. The minimum absolute atomic E-state index is 0.0395. The molecule has 2 aromatic carbocycles. The van der Waals surface area contributed by atoms with E-state index in [1.807, 2.05) is 11.8 Å². The van der Waals surface area contributed by atoms with Gasteiger partial charge in [0.15, 0.2) is 9.84 Å². The van der Waals surface area contributed by atoms with E-state index >= 15 is 0 Å². The summed E-state index contributed by atoms with van der Waals surface area (Å²) in [5, 5.41) is 3.70. The SMILES string of the molecule is Cc1nc(N2CCC(C(=O)NCc3cccc(F)c3)CC2)nc2cc(S(C)(=O)=O)ccc12. The van der Waals surface area contributed by atoms with Gasteiger partial charge in [-0.25, -0.2) is 22.8 Å². The monoisotopic (exact) mass is 456 g/mol. The van der Waals surface area contributed by atoms with Crippen LogP contribution in [0.4, 0.5) is 10.3 Å². The van der Waals surface area contributed by atoms with E-state index in [1.165, 1.54) is 18.4 Å². The number of benzene rings is 2. The van der Waals surface area contributed by atoms with Crippen LogP contribution in [0.5, 0.6) is 0 Å². The lowest BCUT2D eigenvalue weighted by Gasteiger charge is -2.31. The van der Waals surface area contributed by atoms with E-state index in [4.69, 9.17) is 0 Å². The van der Waals surface area contributed by atoms with Gasteiger partial charge in [-0.1, -0.05) is 12.1 Å². The fraction of sp³-hybridized carbons (Fsp3) is 0.348. The van der Waals surface area contributed by atoms with Gasteiger partial charge in [0.2, 0.25) is 11.9 Å². The lowest BCUT2D eigenvalue weighted by Crippen LogP contribution is -2.41. The molecule has 1 saturated heterocycles. The average molecular weight is 457 g/mol. The van der Waals surface area contributed by atoms with Gasteiger partial charge in [-0.2, -0.15) is 0 Å². The number of aryl methyl sites for hydroxylation is 1. The first-order valence-electron chi connectivity index (χ1n) is 10.5. The summed E-state index contributed by atoms with van der Waals surface area (Å²) in [6, 6.07) is 11.1. The molecule has 1 amide bonds. The fourth-order valence-electron chi connectivity index (χ4n) is 3.95. The number of halogens is 1. The van der Waals surface area contributed by atoms with Crippen LogP contribution in [0, 0.1) is 18.7 Å². The molecule has 0 saturated carbocycles. The Morgan fingerprint density at radius 2 is 1.91 bits per heavy atom. The first kappa shape index (κ1) is 22.1. The van der Waals surface area contributed by atoms with Crippen molar-refractivity contribution in [1.29, 1.82) is 0 Å². The van der Waals surface area contributed by atoms with E-state index in [9.17, 15) is 17.6 Å². The lowest BCUT2D eigenvalue weighted by molar-refractivity contribution is -0.125. The zero-order valence-corrected chi connectivity index (χ0v) is 18.8. The number of amides is 1. The van der Waals surface area contributed by atoms with Crippen molar-refractivity contribution < 1.29 is 17.6 Å². The molecule has 1 aliphatic rings. The average Bonchev–Trinajstić information content (AvgIpc) is 2.76. The number of nitrogens with one attached hydrogen (secondary N) is 1. The molecular weight excluding hydrogens is 431 g/mol. The van der Waals surface area contributed by atoms with Crippen molar-refractivity contribution in [3.63, 3.8) is 0 Å². The Morgan fingerprint density at radius 3 is 2.59 bits per heavy atom. The smallest absolute Gasteiger partial charge is 0.226 e. The maximum atomic E-state index is 13.3. The predicted octanol–water partition coefficient (Wildman–Crippen LogP) is 3.01. The summed E-state index contributed by atoms with van der Waals surface area (Å²) in [7, 11) is -3.33. The van der Waals surface area contributed by atoms with Gasteiger partial charge in [-0.05, 0) is 55.7 Å². The van der Waals surface area contributed by atoms with Crippen LogP contribution in [0.15, 0.2) is 47.4 Å². The summed E-state index contributed by atoms with van der Waals surface area (Å²) in [6.07, 6.45) is 2.48. The molecule has 0 unspecified atom stereocenters. The van der Waals surface area contributed by atoms with Crippen molar-refractivity contribution >= 4 is 32.6 Å². The molecule has 1 aromatic heterocycles. The van der Waals surface area contributed by atoms with Gasteiger partial charge in [0, 0.05) is 37.2 Å². The highest BCUT2D eigenvalue weighted by atomic mass is 32.2. The molecule has 1 N–H and O–H groups in total. The van der Waals surface area contributed by atoms with Crippen LogP contribution in [-0.4, -0.2) is 43.6 Å². The highest BCUT2D eigenvalue weighted by Gasteiger charge is 2.26. The predicted molar refractivity (Wildman–Crippen MR) is 121 cm³/mol. The largest absolute Gasteiger partial charge is 0.352 e. The maximum Gasteiger partial charge on any atom is 0.226 e. The Hall–Kier alpha value is -3.07. The van der Waals surface area contributed by atoms with E-state index < -0.39 is 9.84 Å². The van der Waals surface area contributed by atoms with E-state index in [0.29, 0.717) is 43.9 Å². The van der Waals surface area contributed by atoms with Gasteiger partial charge < -0.3 is 10.2 Å². The molecule has 0 spiro atoms. The second-order valence-corrected chi connectivity index (χ2v) is 10.2. The van der Waals surface area contributed by atoms with Crippen molar-refractivity contribution in [1.82, 2.24) is 15.3 Å². The second kappa shape index (κ2) is 8.82. The summed E-state index contributed by atoms with van der Waals surface area (Å²) in [5.74, 6) is 0.0548. The Morgan fingerprint density at radius 1 is 1.16 bits per heavy atom. The number of anilines is 1. The van der Waals surface area contributed by atoms with Crippen molar-refractivity contribution in [3.05, 3.63) is 59.5 Å². The normalized spacial score (nSPS) is 15.2. The molecule has 3 aromatic rings. The summed E-state index contributed by atoms with van der Waals surface area (Å²) < 4.78 is 37.1. The standard InChI is InChI=1S/C23H25FN4O3S/c1-15-20-7-6-19(32(2,30)31)13-21(20)27-23(26-15)28-10-8-17(9-11-28)22(29)25-14-16-4-3-5-18(24)12-16/h3-7,12-13,17H,8-11,14H2,1-2H3,(H,25,29). The van der Waals surface area contributed by atoms with Crippen molar-refractivity contribution in [3.8, 4) is 0 Å². The zero-order chi connectivity index (χ0) is 22.9. The van der Waals surface area contributed by atoms with Crippen molar-refractivity contribution in [2.75, 3.05) is 24.2 Å². The topological polar surface area (TPSA) is 92.3 Å². The number of piperidine rings is 1. The molecule has 32 heavy (non-hydrogen) atoms. The molecule has 9 heteroatoms. The van der Waals surface area contributed by atoms with Crippen molar-refractivity contribution in [2.45, 2.75) is 31.2 Å². The van der Waals surface area contributed by atoms with E-state index in [0.717, 1.165) is 16.6 Å². The van der Waals surface area contributed by atoms with Crippen molar-refractivity contribution in [2.24, 2.45) is 5.92 Å². The number of sulfone groups is 1. The van der Waals surface area contributed by atoms with Gasteiger partial charge in [-0.3, -0.25) is 4.79 Å². The van der Waals surface area contributed by atoms with Gasteiger partial charge in [0.1, 0.15) is 5.82 Å². The third-order valence-electron chi connectivity index (χ3n) is 5.78. The Labute approximate surface area is 186 Å². The Bertz CT molecular complexity index is 1270. The molecule has 4 rings (SSSR count). The van der Waals surface area contributed by atoms with Crippen LogP contribution in [-0.2, 0) is 21.2 Å². The maximum absolute atomic E-state index is 13.3. The summed E-state index contributed by atoms with van der Waals surface area (Å²) in [4.78, 5) is 24.0. The lowest BCUT2D eigenvalue weighted by atomic mass is 9.96. The molecule has 0 bridgehead atoms. The number of carbonyl (C=O) groups is 1. The van der Waals surface area contributed by atoms with Crippen LogP contribution >= 0.6 is 0 Å². The fourth-order valence-corrected chi connectivity index (χ4v) is 4.59. The minimum atomic E-state index is -3.33. The third kappa shape index (κ3) is 4.88. The summed E-state index contributed by atoms with van der Waals surface area (Å²) in [5.41, 5.74) is 2.09. The minimum Gasteiger partial charge on any atom is -0.352 e. The number of hydrogen-bond donors (Lipinski definition) is 1. The van der Waals surface area contributed by atoms with Crippen LogP contribution < -0.4 is 10.2 Å². The van der Waals surface area contributed by atoms with Crippen LogP contribution in [0.3, 0.4) is 0 Å². The molecule has 1 aliphatic heterocycles. The summed E-state index contributed by atoms with van der Waals surface area (Å²) >= 11 is 0. The zero-order valence-electron chi connectivity index (χ0n) is 18.0. The van der Waals surface area contributed by atoms with Gasteiger partial charge >= 0.3 is 0 Å². The number of aromatic nitrogens is 2. The van der Waals surface area contributed by atoms with Gasteiger partial charge in [0.05, 0.1) is 16.1 Å². The third-order valence-corrected chi connectivity index (χ3v) is 6.89. The molecule has 7 nitrogen and oxygen atoms in total. The van der Waals surface area contributed by atoms with Crippen LogP contribution in [0.2, 0.25) is 0 Å².